The molecule has 0 spiro atoms. The van der Waals surface area contributed by atoms with Gasteiger partial charge in [0.1, 0.15) is 12.1 Å². The molecule has 1 N–H and O–H groups in total. The van der Waals surface area contributed by atoms with Crippen LogP contribution in [0, 0.1) is 0 Å². The van der Waals surface area contributed by atoms with Gasteiger partial charge in [0, 0.05) is 25.8 Å². The Kier molecular flexibility index (Phi) is 35.4. The molecule has 0 saturated carbocycles. The summed E-state index contributed by atoms with van der Waals surface area (Å²) in [4.78, 5) is 39.7. The quantitative estimate of drug-likeness (QED) is 0.0373. The maximum atomic E-state index is 12.9. The molecule has 1 saturated heterocycles. The van der Waals surface area contributed by atoms with Crippen LogP contribution in [0.25, 0.3) is 0 Å². The van der Waals surface area contributed by atoms with Crippen molar-refractivity contribution in [1.82, 2.24) is 4.90 Å². The van der Waals surface area contributed by atoms with Gasteiger partial charge in [-0.1, -0.05) is 162 Å². The number of carbonyl (C=O) groups excluding carboxylic acids is 3. The number of nitrogens with zero attached hydrogens (tertiary/aromatic N) is 1. The van der Waals surface area contributed by atoms with Gasteiger partial charge in [-0.25, -0.2) is 0 Å². The monoisotopic (exact) mass is 780 g/mol. The first-order chi connectivity index (χ1) is 26.9. The van der Waals surface area contributed by atoms with Gasteiger partial charge in [0.2, 0.25) is 0 Å². The number of β-amino-alcohol motifs (C(OH)–C–C–N with tert-alkyl or cyclic N) is 1. The van der Waals surface area contributed by atoms with Crippen LogP contribution in [0.15, 0.2) is 0 Å². The molecule has 0 aromatic rings. The van der Waals surface area contributed by atoms with Crippen LogP contribution in [0.4, 0.5) is 0 Å². The van der Waals surface area contributed by atoms with Crippen LogP contribution in [-0.4, -0.2) is 72.5 Å². The van der Waals surface area contributed by atoms with E-state index in [4.69, 9.17) is 14.2 Å². The lowest BCUT2D eigenvalue weighted by Crippen LogP contribution is -2.38. The Morgan fingerprint density at radius 2 is 0.945 bits per heavy atom. The van der Waals surface area contributed by atoms with E-state index in [0.717, 1.165) is 89.9 Å². The molecule has 324 valence electrons. The predicted molar refractivity (Wildman–Crippen MR) is 227 cm³/mol. The van der Waals surface area contributed by atoms with Gasteiger partial charge in [-0.2, -0.15) is 0 Å². The minimum Gasteiger partial charge on any atom is -0.466 e. The summed E-state index contributed by atoms with van der Waals surface area (Å²) in [6.45, 7) is 8.86. The molecule has 0 aliphatic carbocycles. The van der Waals surface area contributed by atoms with E-state index in [2.05, 4.69) is 20.8 Å². The number of hydrogen-bond donors (Lipinski definition) is 1. The van der Waals surface area contributed by atoms with Gasteiger partial charge in [0.25, 0.3) is 0 Å². The predicted octanol–water partition coefficient (Wildman–Crippen LogP) is 12.4. The van der Waals surface area contributed by atoms with Crippen LogP contribution in [0.3, 0.4) is 0 Å². The Balaban J connectivity index is 2.13. The Labute approximate surface area is 339 Å². The van der Waals surface area contributed by atoms with Gasteiger partial charge in [-0.15, -0.1) is 0 Å². The summed E-state index contributed by atoms with van der Waals surface area (Å²) in [5.41, 5.74) is 0. The second-order valence-electron chi connectivity index (χ2n) is 16.7. The number of esters is 3. The van der Waals surface area contributed by atoms with Crippen molar-refractivity contribution in [2.75, 3.05) is 26.3 Å². The number of ether oxygens (including phenoxy) is 3. The number of rotatable bonds is 40. The van der Waals surface area contributed by atoms with Crippen LogP contribution < -0.4 is 0 Å². The summed E-state index contributed by atoms with van der Waals surface area (Å²) >= 11 is 0. The fourth-order valence-electron chi connectivity index (χ4n) is 7.79. The van der Waals surface area contributed by atoms with E-state index in [-0.39, 0.29) is 24.0 Å². The molecule has 0 aromatic carbocycles. The Morgan fingerprint density at radius 3 is 1.47 bits per heavy atom. The maximum Gasteiger partial charge on any atom is 0.323 e. The second-order valence-corrected chi connectivity index (χ2v) is 16.7. The third-order valence-corrected chi connectivity index (χ3v) is 11.3. The molecule has 1 heterocycles. The molecule has 0 radical (unpaired) electrons. The summed E-state index contributed by atoms with van der Waals surface area (Å²) < 4.78 is 17.0. The SMILES string of the molecule is CCCCCCCCCCCOC(=O)CCCCCN1CC(O)C[C@H]1C(=O)OCCCCCCCC(=O)OC(CCCCCCCC)CCCCCCCC. The molecule has 1 aliphatic heterocycles. The van der Waals surface area contributed by atoms with E-state index in [1.807, 2.05) is 4.90 Å². The van der Waals surface area contributed by atoms with Crippen molar-refractivity contribution in [2.45, 2.75) is 257 Å². The molecule has 1 aliphatic rings. The number of aliphatic hydroxyl groups is 1. The van der Waals surface area contributed by atoms with Crippen LogP contribution in [0.5, 0.6) is 0 Å². The van der Waals surface area contributed by atoms with Crippen molar-refractivity contribution in [3.05, 3.63) is 0 Å². The number of unbranched alkanes of at least 4 members (excludes halogenated alkanes) is 24. The molecule has 0 aromatic heterocycles. The normalized spacial score (nSPS) is 15.9. The second kappa shape index (κ2) is 37.9. The molecule has 8 heteroatoms. The van der Waals surface area contributed by atoms with Crippen LogP contribution >= 0.6 is 0 Å². The summed E-state index contributed by atoms with van der Waals surface area (Å²) in [5, 5.41) is 10.3. The molecular formula is C47H89NO7. The van der Waals surface area contributed by atoms with Gasteiger partial charge >= 0.3 is 17.9 Å². The zero-order valence-corrected chi connectivity index (χ0v) is 36.4. The third kappa shape index (κ3) is 31.1. The van der Waals surface area contributed by atoms with Crippen molar-refractivity contribution >= 4 is 17.9 Å². The van der Waals surface area contributed by atoms with E-state index >= 15 is 0 Å². The highest BCUT2D eigenvalue weighted by molar-refractivity contribution is 5.76. The zero-order valence-electron chi connectivity index (χ0n) is 36.4. The van der Waals surface area contributed by atoms with Crippen molar-refractivity contribution in [2.24, 2.45) is 0 Å². The minimum absolute atomic E-state index is 0.0405. The van der Waals surface area contributed by atoms with Gasteiger partial charge in [0.05, 0.1) is 19.3 Å². The molecule has 0 bridgehead atoms. The van der Waals surface area contributed by atoms with Crippen LogP contribution in [0.1, 0.15) is 239 Å². The molecule has 1 unspecified atom stereocenters. The smallest absolute Gasteiger partial charge is 0.323 e. The molecule has 1 rings (SSSR count). The van der Waals surface area contributed by atoms with Crippen molar-refractivity contribution in [3.63, 3.8) is 0 Å². The maximum absolute atomic E-state index is 12.9. The Bertz CT molecular complexity index is 883. The fraction of sp³-hybridized carbons (Fsp3) is 0.936. The minimum atomic E-state index is -0.512. The lowest BCUT2D eigenvalue weighted by atomic mass is 10.0. The molecule has 1 fully saturated rings. The summed E-state index contributed by atoms with van der Waals surface area (Å²) in [6.07, 6.45) is 36.4. The number of likely N-dealkylation sites (tertiary alicyclic amines) is 1. The zero-order chi connectivity index (χ0) is 40.0. The van der Waals surface area contributed by atoms with E-state index in [1.165, 1.54) is 109 Å². The number of carbonyl (C=O) groups is 3. The van der Waals surface area contributed by atoms with Crippen molar-refractivity contribution < 1.29 is 33.7 Å². The number of hydrogen-bond acceptors (Lipinski definition) is 8. The average Bonchev–Trinajstić information content (AvgIpc) is 3.55. The van der Waals surface area contributed by atoms with Gasteiger partial charge in [0.15, 0.2) is 0 Å². The molecule has 8 nitrogen and oxygen atoms in total. The highest BCUT2D eigenvalue weighted by Crippen LogP contribution is 2.21. The highest BCUT2D eigenvalue weighted by Gasteiger charge is 2.36. The first-order valence-electron chi connectivity index (χ1n) is 23.8. The Hall–Kier alpha value is -1.67. The number of aliphatic hydroxyl groups excluding tert-OH is 1. The van der Waals surface area contributed by atoms with E-state index in [1.54, 1.807) is 0 Å². The highest BCUT2D eigenvalue weighted by atomic mass is 16.5. The van der Waals surface area contributed by atoms with E-state index in [9.17, 15) is 19.5 Å². The van der Waals surface area contributed by atoms with E-state index < -0.39 is 12.1 Å². The van der Waals surface area contributed by atoms with Crippen molar-refractivity contribution in [3.8, 4) is 0 Å². The topological polar surface area (TPSA) is 102 Å². The fourth-order valence-corrected chi connectivity index (χ4v) is 7.79. The van der Waals surface area contributed by atoms with Gasteiger partial charge in [-0.3, -0.25) is 19.3 Å². The standard InChI is InChI=1S/C47H89NO7/c1-4-7-10-13-16-17-18-23-31-38-53-45(50)35-29-25-30-37-48-41-42(49)40-44(48)47(52)54-39-32-24-19-22-28-36-46(51)55-43(33-26-20-14-11-8-5-2)34-27-21-15-12-9-6-3/h42-44,49H,4-41H2,1-3H3/t42?,44-/m0/s1. The van der Waals surface area contributed by atoms with Crippen LogP contribution in [-0.2, 0) is 28.6 Å². The molecule has 55 heavy (non-hydrogen) atoms. The molecular weight excluding hydrogens is 691 g/mol. The van der Waals surface area contributed by atoms with Gasteiger partial charge < -0.3 is 19.3 Å². The van der Waals surface area contributed by atoms with Crippen molar-refractivity contribution in [1.29, 1.82) is 0 Å². The Morgan fingerprint density at radius 1 is 0.527 bits per heavy atom. The summed E-state index contributed by atoms with van der Waals surface area (Å²) in [6, 6.07) is -0.395. The average molecular weight is 780 g/mol. The van der Waals surface area contributed by atoms with E-state index in [0.29, 0.717) is 45.6 Å². The lowest BCUT2D eigenvalue weighted by molar-refractivity contribution is -0.150. The van der Waals surface area contributed by atoms with Gasteiger partial charge in [-0.05, 0) is 64.3 Å². The first-order valence-corrected chi connectivity index (χ1v) is 23.8. The molecule has 2 atom stereocenters. The van der Waals surface area contributed by atoms with Crippen LogP contribution in [0.2, 0.25) is 0 Å². The third-order valence-electron chi connectivity index (χ3n) is 11.3. The summed E-state index contributed by atoms with van der Waals surface area (Å²) in [7, 11) is 0. The largest absolute Gasteiger partial charge is 0.466 e. The first kappa shape index (κ1) is 51.3. The molecule has 0 amide bonds. The lowest BCUT2D eigenvalue weighted by Gasteiger charge is -2.22. The summed E-state index contributed by atoms with van der Waals surface area (Å²) in [5.74, 6) is -0.390.